The van der Waals surface area contributed by atoms with E-state index in [9.17, 15) is 9.90 Å². The zero-order chi connectivity index (χ0) is 29.8. The monoisotopic (exact) mass is 529 g/mol. The molecule has 0 aromatic heterocycles. The highest BCUT2D eigenvalue weighted by Gasteiger charge is 2.11. The van der Waals surface area contributed by atoms with Crippen LogP contribution in [-0.2, 0) is 0 Å². The highest BCUT2D eigenvalue weighted by atomic mass is 16.5. The molecule has 3 aromatic rings. The van der Waals surface area contributed by atoms with Crippen LogP contribution in [0.2, 0.25) is 0 Å². The lowest BCUT2D eigenvalue weighted by Crippen LogP contribution is -2.18. The van der Waals surface area contributed by atoms with Crippen molar-refractivity contribution in [3.05, 3.63) is 119 Å². The Hall–Kier alpha value is -4.05. The summed E-state index contributed by atoms with van der Waals surface area (Å²) in [5, 5.41) is 12.4. The Morgan fingerprint density at radius 2 is 1.51 bits per heavy atom. The molecule has 0 atom stereocenters. The third-order valence-electron chi connectivity index (χ3n) is 5.55. The van der Waals surface area contributed by atoms with Crippen LogP contribution in [0.3, 0.4) is 0 Å². The average Bonchev–Trinajstić information content (AvgIpc) is 2.97. The summed E-state index contributed by atoms with van der Waals surface area (Å²) in [4.78, 5) is 12.4. The fraction of sp³-hybridized carbons (Fsp3) is 0.286. The Morgan fingerprint density at radius 3 is 2.10 bits per heavy atom. The molecule has 0 saturated carbocycles. The van der Waals surface area contributed by atoms with Crippen molar-refractivity contribution in [1.29, 1.82) is 0 Å². The number of aromatic hydroxyl groups is 1. The normalized spacial score (nSPS) is 9.54. The van der Waals surface area contributed by atoms with E-state index in [1.165, 1.54) is 16.7 Å². The number of rotatable bonds is 8. The van der Waals surface area contributed by atoms with E-state index in [4.69, 9.17) is 4.74 Å². The summed E-state index contributed by atoms with van der Waals surface area (Å²) in [6, 6.07) is 18.8. The van der Waals surface area contributed by atoms with Gasteiger partial charge in [-0.05, 0) is 84.9 Å². The van der Waals surface area contributed by atoms with Crippen LogP contribution in [0.25, 0.3) is 12.2 Å². The molecule has 0 aliphatic rings. The van der Waals surface area contributed by atoms with Crippen LogP contribution >= 0.6 is 0 Å². The Labute approximate surface area is 236 Å². The number of hydrogen-bond acceptors (Lipinski definition) is 3. The maximum absolute atomic E-state index is 12.4. The highest BCUT2D eigenvalue weighted by Crippen LogP contribution is 2.20. The summed E-state index contributed by atoms with van der Waals surface area (Å²) in [6.45, 7) is 24.1. The van der Waals surface area contributed by atoms with Crippen molar-refractivity contribution in [2.24, 2.45) is 0 Å². The Balaban J connectivity index is 0.000000857. The first-order valence-corrected chi connectivity index (χ1v) is 13.6. The van der Waals surface area contributed by atoms with Gasteiger partial charge in [0.25, 0.3) is 5.91 Å². The van der Waals surface area contributed by atoms with Crippen molar-refractivity contribution in [1.82, 2.24) is 5.32 Å². The summed E-state index contributed by atoms with van der Waals surface area (Å²) >= 11 is 0. The van der Waals surface area contributed by atoms with Gasteiger partial charge in [-0.25, -0.2) is 0 Å². The number of amides is 1. The number of benzene rings is 3. The summed E-state index contributed by atoms with van der Waals surface area (Å²) in [7, 11) is 0. The van der Waals surface area contributed by atoms with E-state index in [-0.39, 0.29) is 11.7 Å². The molecule has 2 N–H and O–H groups in total. The topological polar surface area (TPSA) is 58.6 Å². The van der Waals surface area contributed by atoms with Gasteiger partial charge in [0, 0.05) is 6.20 Å². The zero-order valence-corrected chi connectivity index (χ0v) is 25.1. The van der Waals surface area contributed by atoms with Gasteiger partial charge in [-0.15, -0.1) is 0 Å². The lowest BCUT2D eigenvalue weighted by atomic mass is 10.1. The van der Waals surface area contributed by atoms with E-state index in [2.05, 4.69) is 50.5 Å². The van der Waals surface area contributed by atoms with Gasteiger partial charge in [-0.3, -0.25) is 4.79 Å². The third-order valence-corrected chi connectivity index (χ3v) is 5.55. The van der Waals surface area contributed by atoms with Crippen molar-refractivity contribution in [3.63, 3.8) is 0 Å². The van der Waals surface area contributed by atoms with Crippen LogP contribution in [0, 0.1) is 20.8 Å². The van der Waals surface area contributed by atoms with Crippen LogP contribution in [0.15, 0.2) is 85.6 Å². The number of nitrogens with one attached hydrogen (secondary N) is 1. The summed E-state index contributed by atoms with van der Waals surface area (Å²) in [5.41, 5.74) is 6.90. The molecular formula is C35H47NO3. The van der Waals surface area contributed by atoms with E-state index in [1.807, 2.05) is 65.8 Å². The molecule has 0 fully saturated rings. The average molecular weight is 530 g/mol. The Kier molecular flexibility index (Phi) is 17.9. The minimum absolute atomic E-state index is 0.225. The van der Waals surface area contributed by atoms with Crippen LogP contribution < -0.4 is 10.1 Å². The van der Waals surface area contributed by atoms with E-state index >= 15 is 0 Å². The molecule has 0 aliphatic heterocycles. The number of carbonyl (C=O) groups excluding carboxylic acids is 1. The second-order valence-electron chi connectivity index (χ2n) is 8.29. The van der Waals surface area contributed by atoms with Crippen LogP contribution in [0.4, 0.5) is 0 Å². The molecule has 0 radical (unpaired) electrons. The number of phenols is 1. The van der Waals surface area contributed by atoms with Gasteiger partial charge in [0.05, 0.1) is 5.56 Å². The molecule has 39 heavy (non-hydrogen) atoms. The molecule has 210 valence electrons. The predicted molar refractivity (Wildman–Crippen MR) is 169 cm³/mol. The van der Waals surface area contributed by atoms with Crippen molar-refractivity contribution in [2.45, 2.75) is 61.8 Å². The van der Waals surface area contributed by atoms with E-state index in [0.717, 1.165) is 23.1 Å². The van der Waals surface area contributed by atoms with E-state index < -0.39 is 0 Å². The molecule has 3 rings (SSSR count). The molecule has 3 aromatic carbocycles. The molecule has 0 unspecified atom stereocenters. The molecule has 4 nitrogen and oxygen atoms in total. The first-order chi connectivity index (χ1) is 18.7. The van der Waals surface area contributed by atoms with Gasteiger partial charge in [0.1, 0.15) is 18.1 Å². The van der Waals surface area contributed by atoms with Crippen LogP contribution in [0.5, 0.6) is 11.5 Å². The van der Waals surface area contributed by atoms with Gasteiger partial charge < -0.3 is 15.2 Å². The number of carbonyl (C=O) groups is 1. The molecule has 0 bridgehead atoms. The van der Waals surface area contributed by atoms with Gasteiger partial charge in [-0.2, -0.15) is 0 Å². The van der Waals surface area contributed by atoms with Crippen LogP contribution in [0.1, 0.15) is 79.2 Å². The molecule has 0 spiro atoms. The third kappa shape index (κ3) is 12.8. The maximum Gasteiger partial charge on any atom is 0.258 e. The molecule has 0 heterocycles. The van der Waals surface area contributed by atoms with Crippen LogP contribution in [-0.4, -0.2) is 17.6 Å². The van der Waals surface area contributed by atoms with Gasteiger partial charge >= 0.3 is 0 Å². The zero-order valence-electron chi connectivity index (χ0n) is 25.1. The van der Waals surface area contributed by atoms with Crippen molar-refractivity contribution >= 4 is 18.1 Å². The summed E-state index contributed by atoms with van der Waals surface area (Å²) in [5.74, 6) is 0.490. The second kappa shape index (κ2) is 20.0. The van der Waals surface area contributed by atoms with Crippen molar-refractivity contribution < 1.29 is 14.6 Å². The molecular weight excluding hydrogens is 482 g/mol. The number of para-hydroxylation sites is 1. The van der Waals surface area contributed by atoms with E-state index in [1.54, 1.807) is 36.5 Å². The number of hydrogen-bond donors (Lipinski definition) is 2. The number of aryl methyl sites for hydroxylation is 3. The quantitative estimate of drug-likeness (QED) is 0.286. The summed E-state index contributed by atoms with van der Waals surface area (Å²) < 4.78 is 5.69. The van der Waals surface area contributed by atoms with Gasteiger partial charge in [0.2, 0.25) is 0 Å². The molecule has 1 amide bonds. The second-order valence-corrected chi connectivity index (χ2v) is 8.29. The molecule has 0 aliphatic carbocycles. The maximum atomic E-state index is 12.4. The standard InChI is InChI=1S/C21H23NO3.C10H12.2C2H6/c1-4-15(2)14-25-20-8-6-5-7-18(20)21(24)22-12-11-17-10-9-16(3)19(23)13-17;1-4-10-6-5-8(2)9(3)7-10;2*1-2/h5-13,23H,2,4,14H2,1,3H3,(H,22,24);4-7H,1H2,2-3H3;2*1-2H3/b12-11+;;;. The fourth-order valence-corrected chi connectivity index (χ4v) is 2.97. The minimum Gasteiger partial charge on any atom is -0.508 e. The molecule has 0 saturated heterocycles. The Morgan fingerprint density at radius 1 is 0.897 bits per heavy atom. The number of ether oxygens (including phenoxy) is 1. The smallest absolute Gasteiger partial charge is 0.258 e. The largest absolute Gasteiger partial charge is 0.508 e. The predicted octanol–water partition coefficient (Wildman–Crippen LogP) is 9.45. The highest BCUT2D eigenvalue weighted by molar-refractivity contribution is 5.97. The van der Waals surface area contributed by atoms with Crippen molar-refractivity contribution in [3.8, 4) is 11.5 Å². The lowest BCUT2D eigenvalue weighted by molar-refractivity contribution is 0.0966. The summed E-state index contributed by atoms with van der Waals surface area (Å²) in [6.07, 6.45) is 5.97. The lowest BCUT2D eigenvalue weighted by Gasteiger charge is -2.11. The SMILES string of the molecule is C=C(CC)COc1ccccc1C(=O)N/C=C/c1ccc(C)c(O)c1.C=Cc1ccc(C)c(C)c1.CC.CC. The molecule has 4 heteroatoms. The first-order valence-electron chi connectivity index (χ1n) is 13.6. The van der Waals surface area contributed by atoms with Gasteiger partial charge in [-0.1, -0.05) is 96.3 Å². The Bertz CT molecular complexity index is 1210. The van der Waals surface area contributed by atoms with Gasteiger partial charge in [0.15, 0.2) is 0 Å². The minimum atomic E-state index is -0.259. The number of phenolic OH excluding ortho intramolecular Hbond substituents is 1. The first kappa shape index (κ1) is 35.0. The van der Waals surface area contributed by atoms with Crippen molar-refractivity contribution in [2.75, 3.05) is 6.61 Å². The van der Waals surface area contributed by atoms with E-state index in [0.29, 0.717) is 17.9 Å². The fourth-order valence-electron chi connectivity index (χ4n) is 2.97.